The van der Waals surface area contributed by atoms with E-state index in [4.69, 9.17) is 32.4 Å². The molecular weight excluding hydrogens is 397 g/mol. The van der Waals surface area contributed by atoms with Crippen molar-refractivity contribution in [3.8, 4) is 0 Å². The summed E-state index contributed by atoms with van der Waals surface area (Å²) in [4.78, 5) is 17.1. The number of aliphatic hydroxyl groups excluding tert-OH is 1. The van der Waals surface area contributed by atoms with E-state index in [0.717, 1.165) is 11.8 Å². The van der Waals surface area contributed by atoms with Crippen LogP contribution < -0.4 is 0 Å². The highest BCUT2D eigenvalue weighted by molar-refractivity contribution is 8.18. The van der Waals surface area contributed by atoms with E-state index in [0.29, 0.717) is 31.4 Å². The number of furan rings is 1. The normalized spacial score (nSPS) is 17.3. The van der Waals surface area contributed by atoms with Crippen molar-refractivity contribution in [1.82, 2.24) is 0 Å². The number of nitrogens with zero attached hydrogens (tertiary/aromatic N) is 1. The molecule has 1 N–H and O–H groups in total. The number of aliphatic hydroxyl groups is 1. The topological polar surface area (TPSA) is 72.0 Å². The molecule has 3 rings (SSSR count). The van der Waals surface area contributed by atoms with Crippen LogP contribution in [-0.2, 0) is 9.53 Å². The highest BCUT2D eigenvalue weighted by Crippen LogP contribution is 2.40. The molecule has 8 heteroatoms. The second-order valence-corrected chi connectivity index (χ2v) is 6.93. The van der Waals surface area contributed by atoms with Gasteiger partial charge in [0, 0.05) is 0 Å². The number of halogens is 2. The lowest BCUT2D eigenvalue weighted by Gasteiger charge is -2.04. The van der Waals surface area contributed by atoms with Crippen LogP contribution in [0.4, 0.5) is 5.69 Å². The second kappa shape index (κ2) is 8.03. The van der Waals surface area contributed by atoms with Gasteiger partial charge in [0.05, 0.1) is 33.5 Å². The van der Waals surface area contributed by atoms with E-state index < -0.39 is 5.97 Å². The Morgan fingerprint density at radius 2 is 2.15 bits per heavy atom. The summed E-state index contributed by atoms with van der Waals surface area (Å²) in [6, 6.07) is 8.31. The third-order valence-electron chi connectivity index (χ3n) is 3.32. The van der Waals surface area contributed by atoms with Crippen molar-refractivity contribution < 1.29 is 19.1 Å². The molecule has 0 atom stereocenters. The molecule has 0 spiro atoms. The Hall–Kier alpha value is -2.15. The van der Waals surface area contributed by atoms with Crippen molar-refractivity contribution in [2.45, 2.75) is 6.92 Å². The van der Waals surface area contributed by atoms with Gasteiger partial charge in [-0.05, 0) is 43.3 Å². The average molecular weight is 410 g/mol. The van der Waals surface area contributed by atoms with E-state index in [-0.39, 0.29) is 17.9 Å². The maximum atomic E-state index is 12.3. The first-order chi connectivity index (χ1) is 12.5. The van der Waals surface area contributed by atoms with Crippen molar-refractivity contribution in [2.75, 3.05) is 6.61 Å². The molecule has 2 heterocycles. The molecule has 5 nitrogen and oxygen atoms in total. The molecule has 2 aromatic rings. The number of benzene rings is 1. The van der Waals surface area contributed by atoms with Crippen LogP contribution >= 0.6 is 35.0 Å². The van der Waals surface area contributed by atoms with Crippen LogP contribution in [-0.4, -0.2) is 22.7 Å². The molecule has 0 radical (unpaired) electrons. The fraction of sp³-hybridized carbons (Fsp3) is 0.111. The predicted molar refractivity (Wildman–Crippen MR) is 104 cm³/mol. The van der Waals surface area contributed by atoms with Crippen molar-refractivity contribution in [3.63, 3.8) is 0 Å². The van der Waals surface area contributed by atoms with E-state index >= 15 is 0 Å². The van der Waals surface area contributed by atoms with Gasteiger partial charge in [-0.3, -0.25) is 0 Å². The zero-order valence-corrected chi connectivity index (χ0v) is 15.9. The molecule has 26 heavy (non-hydrogen) atoms. The number of ether oxygens (including phenoxy) is 1. The number of rotatable bonds is 4. The number of esters is 1. The minimum atomic E-state index is -0.654. The third-order valence-corrected chi connectivity index (χ3v) is 5.08. The van der Waals surface area contributed by atoms with Gasteiger partial charge in [-0.1, -0.05) is 35.0 Å². The van der Waals surface area contributed by atoms with Crippen LogP contribution in [0.25, 0.3) is 6.08 Å². The summed E-state index contributed by atoms with van der Waals surface area (Å²) < 4.78 is 10.3. The summed E-state index contributed by atoms with van der Waals surface area (Å²) in [5, 5.41) is 11.6. The van der Waals surface area contributed by atoms with Crippen LogP contribution in [0.2, 0.25) is 10.0 Å². The first kappa shape index (κ1) is 18.6. The largest absolute Gasteiger partial charge is 0.506 e. The molecule has 0 fully saturated rings. The maximum Gasteiger partial charge on any atom is 0.344 e. The molecule has 0 saturated carbocycles. The predicted octanol–water partition coefficient (Wildman–Crippen LogP) is 5.78. The Bertz CT molecular complexity index is 933. The van der Waals surface area contributed by atoms with Crippen LogP contribution in [0, 0.1) is 0 Å². The van der Waals surface area contributed by atoms with Crippen molar-refractivity contribution in [3.05, 3.63) is 68.6 Å². The quantitative estimate of drug-likeness (QED) is 0.647. The van der Waals surface area contributed by atoms with Crippen LogP contribution in [0.3, 0.4) is 0 Å². The summed E-state index contributed by atoms with van der Waals surface area (Å²) in [6.45, 7) is 1.87. The second-order valence-electron chi connectivity index (χ2n) is 5.09. The fourth-order valence-electron chi connectivity index (χ4n) is 2.17. The Balaban J connectivity index is 2.04. The Morgan fingerprint density at radius 3 is 2.81 bits per heavy atom. The van der Waals surface area contributed by atoms with E-state index in [1.807, 2.05) is 0 Å². The lowest BCUT2D eigenvalue weighted by molar-refractivity contribution is -0.138. The highest BCUT2D eigenvalue weighted by Gasteiger charge is 2.33. The molecule has 0 unspecified atom stereocenters. The molecule has 0 aliphatic carbocycles. The number of carbonyl (C=O) groups excluding carboxylic acids is 1. The van der Waals surface area contributed by atoms with Gasteiger partial charge >= 0.3 is 5.97 Å². The molecule has 134 valence electrons. The minimum Gasteiger partial charge on any atom is -0.506 e. The lowest BCUT2D eigenvalue weighted by atomic mass is 10.2. The third kappa shape index (κ3) is 3.98. The van der Waals surface area contributed by atoms with Gasteiger partial charge in [-0.2, -0.15) is 0 Å². The number of thioether (sulfide) groups is 1. The van der Waals surface area contributed by atoms with Gasteiger partial charge in [-0.25, -0.2) is 9.79 Å². The molecule has 1 aromatic carbocycles. The Labute approximate surface area is 164 Å². The number of aliphatic imine (C=N–C) groups is 1. The van der Waals surface area contributed by atoms with Crippen LogP contribution in [0.15, 0.2) is 62.2 Å². The average Bonchev–Trinajstić information content (AvgIpc) is 3.20. The van der Waals surface area contributed by atoms with Crippen LogP contribution in [0.5, 0.6) is 0 Å². The SMILES string of the molecule is CCOC(=O)C1=C(O)/C(=C/c2ccco2)SC1=Nc1ccc(Cl)c(Cl)c1. The summed E-state index contributed by atoms with van der Waals surface area (Å²) in [5.41, 5.74) is 0.497. The van der Waals surface area contributed by atoms with Crippen molar-refractivity contribution in [2.24, 2.45) is 4.99 Å². The molecule has 0 saturated heterocycles. The standard InChI is InChI=1S/C18H13Cl2NO4S/c1-2-24-18(23)15-16(22)14(9-11-4-3-7-25-11)26-17(15)21-10-5-6-12(19)13(20)8-10/h3-9,22H,2H2,1H3/b14-9-,21-17?. The Morgan fingerprint density at radius 1 is 1.35 bits per heavy atom. The first-order valence-electron chi connectivity index (χ1n) is 7.57. The van der Waals surface area contributed by atoms with Crippen LogP contribution in [0.1, 0.15) is 12.7 Å². The van der Waals surface area contributed by atoms with Gasteiger partial charge < -0.3 is 14.3 Å². The summed E-state index contributed by atoms with van der Waals surface area (Å²) in [7, 11) is 0. The number of hydrogen-bond donors (Lipinski definition) is 1. The number of carbonyl (C=O) groups is 1. The van der Waals surface area contributed by atoms with E-state index in [9.17, 15) is 9.90 Å². The Kier molecular flexibility index (Phi) is 5.76. The van der Waals surface area contributed by atoms with Gasteiger partial charge in [0.2, 0.25) is 0 Å². The molecule has 1 aliphatic rings. The summed E-state index contributed by atoms with van der Waals surface area (Å²) in [6.07, 6.45) is 3.14. The fourth-order valence-corrected chi connectivity index (χ4v) is 3.47. The van der Waals surface area contributed by atoms with E-state index in [1.54, 1.807) is 43.3 Å². The van der Waals surface area contributed by atoms with Gasteiger partial charge in [0.25, 0.3) is 0 Å². The smallest absolute Gasteiger partial charge is 0.344 e. The summed E-state index contributed by atoms with van der Waals surface area (Å²) in [5.74, 6) is -0.319. The zero-order valence-electron chi connectivity index (χ0n) is 13.5. The van der Waals surface area contributed by atoms with Gasteiger partial charge in [-0.15, -0.1) is 0 Å². The van der Waals surface area contributed by atoms with Crippen molar-refractivity contribution in [1.29, 1.82) is 0 Å². The van der Waals surface area contributed by atoms with Gasteiger partial charge in [0.15, 0.2) is 0 Å². The molecule has 0 amide bonds. The van der Waals surface area contributed by atoms with Crippen molar-refractivity contribution >= 4 is 57.7 Å². The molecule has 1 aliphatic heterocycles. The monoisotopic (exact) mass is 409 g/mol. The number of hydrogen-bond acceptors (Lipinski definition) is 6. The highest BCUT2D eigenvalue weighted by atomic mass is 35.5. The molecular formula is C18H13Cl2NO4S. The molecule has 1 aromatic heterocycles. The van der Waals surface area contributed by atoms with Gasteiger partial charge in [0.1, 0.15) is 22.1 Å². The summed E-state index contributed by atoms with van der Waals surface area (Å²) >= 11 is 13.1. The zero-order chi connectivity index (χ0) is 18.7. The minimum absolute atomic E-state index is 0.000675. The van der Waals surface area contributed by atoms with E-state index in [1.165, 1.54) is 6.26 Å². The first-order valence-corrected chi connectivity index (χ1v) is 9.14. The van der Waals surface area contributed by atoms with E-state index in [2.05, 4.69) is 4.99 Å². The lowest BCUT2D eigenvalue weighted by Crippen LogP contribution is -2.12. The maximum absolute atomic E-state index is 12.3. The molecule has 0 bridgehead atoms.